The van der Waals surface area contributed by atoms with Crippen LogP contribution in [0, 0.1) is 5.92 Å². The summed E-state index contributed by atoms with van der Waals surface area (Å²) in [5.41, 5.74) is 8.16. The van der Waals surface area contributed by atoms with Crippen LogP contribution in [0.4, 0.5) is 0 Å². The Morgan fingerprint density at radius 2 is 2.03 bits per heavy atom. The Hall–Kier alpha value is -3.50. The molecule has 3 rings (SSSR count). The third-order valence-corrected chi connectivity index (χ3v) is 6.21. The third-order valence-electron chi connectivity index (χ3n) is 6.21. The number of rotatable bonds is 10. The molecular weight excluding hydrogens is 442 g/mol. The highest BCUT2D eigenvalue weighted by Gasteiger charge is 2.25. The Morgan fingerprint density at radius 1 is 1.25 bits per heavy atom. The van der Waals surface area contributed by atoms with E-state index in [1.807, 2.05) is 44.3 Å². The molecule has 2 aliphatic rings. The topological polar surface area (TPSA) is 48.2 Å². The van der Waals surface area contributed by atoms with Crippen LogP contribution in [0.1, 0.15) is 43.7 Å². The quantitative estimate of drug-likeness (QED) is 0.299. The van der Waals surface area contributed by atoms with Gasteiger partial charge in [0.05, 0.1) is 17.5 Å². The molecule has 1 aliphatic heterocycles. The lowest BCUT2D eigenvalue weighted by atomic mass is 9.80. The molecule has 1 saturated carbocycles. The van der Waals surface area contributed by atoms with E-state index in [1.165, 1.54) is 0 Å². The molecule has 0 amide bonds. The Morgan fingerprint density at radius 3 is 2.67 bits per heavy atom. The van der Waals surface area contributed by atoms with E-state index in [0.29, 0.717) is 5.92 Å². The summed E-state index contributed by atoms with van der Waals surface area (Å²) in [6.07, 6.45) is 19.8. The van der Waals surface area contributed by atoms with Gasteiger partial charge in [-0.25, -0.2) is 0 Å². The van der Waals surface area contributed by atoms with Gasteiger partial charge in [0.2, 0.25) is 0 Å². The molecule has 1 aromatic rings. The van der Waals surface area contributed by atoms with Gasteiger partial charge in [0, 0.05) is 51.1 Å². The average Bonchev–Trinajstić information content (AvgIpc) is 3.03. The van der Waals surface area contributed by atoms with Crippen molar-refractivity contribution in [3.8, 4) is 0 Å². The Labute approximate surface area is 216 Å². The molecule has 0 saturated heterocycles. The van der Waals surface area contributed by atoms with Crippen LogP contribution in [-0.2, 0) is 0 Å². The van der Waals surface area contributed by atoms with Crippen molar-refractivity contribution in [3.63, 3.8) is 0 Å². The maximum absolute atomic E-state index is 9.64. The number of hydrogen-bond donors (Lipinski definition) is 1. The summed E-state index contributed by atoms with van der Waals surface area (Å²) < 4.78 is 0. The van der Waals surface area contributed by atoms with E-state index in [9.17, 15) is 5.11 Å². The SMILES string of the molecule is C=C/C(=C\N(C)C)c1cccc(C2=NC(/C=C/CC3CC(O)C3)=C(C(/C=NC)=C/C(=C)C)C=CC2)c1. The molecule has 1 aliphatic carbocycles. The molecule has 1 N–H and O–H groups in total. The second-order valence-corrected chi connectivity index (χ2v) is 9.76. The van der Waals surface area contributed by atoms with E-state index in [1.54, 1.807) is 7.05 Å². The lowest BCUT2D eigenvalue weighted by Gasteiger charge is -2.30. The van der Waals surface area contributed by atoms with Crippen molar-refractivity contribution in [2.45, 2.75) is 38.7 Å². The van der Waals surface area contributed by atoms with Gasteiger partial charge in [0.25, 0.3) is 0 Å². The van der Waals surface area contributed by atoms with E-state index in [-0.39, 0.29) is 6.10 Å². The minimum atomic E-state index is -0.135. The predicted molar refractivity (Wildman–Crippen MR) is 155 cm³/mol. The number of aliphatic imine (C=N–C) groups is 2. The number of hydrogen-bond acceptors (Lipinski definition) is 4. The Kier molecular flexibility index (Phi) is 9.77. The normalized spacial score (nSPS) is 21.0. The molecule has 1 heterocycles. The summed E-state index contributed by atoms with van der Waals surface area (Å²) in [5.74, 6) is 0.546. The highest BCUT2D eigenvalue weighted by Crippen LogP contribution is 2.31. The van der Waals surface area contributed by atoms with Gasteiger partial charge in [-0.15, -0.1) is 0 Å². The number of nitrogens with zero attached hydrogens (tertiary/aromatic N) is 3. The zero-order valence-electron chi connectivity index (χ0n) is 22.1. The van der Waals surface area contributed by atoms with Crippen molar-refractivity contribution >= 4 is 17.5 Å². The van der Waals surface area contributed by atoms with Gasteiger partial charge >= 0.3 is 0 Å². The molecule has 0 spiro atoms. The minimum absolute atomic E-state index is 0.135. The maximum atomic E-state index is 9.64. The van der Waals surface area contributed by atoms with E-state index in [4.69, 9.17) is 4.99 Å². The lowest BCUT2D eigenvalue weighted by molar-refractivity contribution is 0.0444. The summed E-state index contributed by atoms with van der Waals surface area (Å²) in [6, 6.07) is 8.48. The number of allylic oxidation sites excluding steroid dienone is 10. The largest absolute Gasteiger partial charge is 0.393 e. The summed E-state index contributed by atoms with van der Waals surface area (Å²) in [7, 11) is 5.81. The van der Waals surface area contributed by atoms with Crippen LogP contribution in [0.15, 0.2) is 112 Å². The van der Waals surface area contributed by atoms with Crippen LogP contribution in [0.5, 0.6) is 0 Å². The van der Waals surface area contributed by atoms with Crippen LogP contribution >= 0.6 is 0 Å². The van der Waals surface area contributed by atoms with Crippen molar-refractivity contribution in [1.29, 1.82) is 0 Å². The molecule has 1 fully saturated rings. The second-order valence-electron chi connectivity index (χ2n) is 9.76. The first-order valence-electron chi connectivity index (χ1n) is 12.5. The van der Waals surface area contributed by atoms with Crippen molar-refractivity contribution in [1.82, 2.24) is 4.90 Å². The maximum Gasteiger partial charge on any atom is 0.0708 e. The minimum Gasteiger partial charge on any atom is -0.393 e. The molecule has 4 heteroatoms. The fraction of sp³-hybridized carbons (Fsp3) is 0.312. The van der Waals surface area contributed by atoms with Gasteiger partial charge in [-0.3, -0.25) is 9.98 Å². The van der Waals surface area contributed by atoms with Gasteiger partial charge in [-0.1, -0.05) is 67.3 Å². The molecule has 0 aromatic heterocycles. The fourth-order valence-electron chi connectivity index (χ4n) is 4.43. The van der Waals surface area contributed by atoms with Crippen LogP contribution in [0.3, 0.4) is 0 Å². The van der Waals surface area contributed by atoms with Crippen LogP contribution in [0.25, 0.3) is 5.57 Å². The van der Waals surface area contributed by atoms with Crippen molar-refractivity contribution < 1.29 is 5.11 Å². The third kappa shape index (κ3) is 7.50. The van der Waals surface area contributed by atoms with Crippen molar-refractivity contribution in [3.05, 3.63) is 114 Å². The zero-order valence-corrected chi connectivity index (χ0v) is 22.1. The van der Waals surface area contributed by atoms with Gasteiger partial charge < -0.3 is 10.0 Å². The highest BCUT2D eigenvalue weighted by molar-refractivity contribution is 6.03. The summed E-state index contributed by atoms with van der Waals surface area (Å²) >= 11 is 0. The van der Waals surface area contributed by atoms with Crippen molar-refractivity contribution in [2.24, 2.45) is 15.9 Å². The smallest absolute Gasteiger partial charge is 0.0708 e. The predicted octanol–water partition coefficient (Wildman–Crippen LogP) is 6.70. The number of aliphatic hydroxyl groups is 1. The molecular formula is C32H39N3O. The zero-order chi connectivity index (χ0) is 26.1. The van der Waals surface area contributed by atoms with Crippen LogP contribution < -0.4 is 0 Å². The Bertz CT molecular complexity index is 1180. The van der Waals surface area contributed by atoms with E-state index >= 15 is 0 Å². The number of aliphatic hydroxyl groups excluding tert-OH is 1. The van der Waals surface area contributed by atoms with Crippen LogP contribution in [-0.4, -0.2) is 49.2 Å². The van der Waals surface area contributed by atoms with Crippen LogP contribution in [0.2, 0.25) is 0 Å². The van der Waals surface area contributed by atoms with E-state index < -0.39 is 0 Å². The highest BCUT2D eigenvalue weighted by atomic mass is 16.3. The average molecular weight is 482 g/mol. The molecule has 0 atom stereocenters. The molecule has 0 unspecified atom stereocenters. The van der Waals surface area contributed by atoms with Gasteiger partial charge in [0.1, 0.15) is 0 Å². The molecule has 1 aromatic carbocycles. The summed E-state index contributed by atoms with van der Waals surface area (Å²) in [6.45, 7) is 10.1. The number of benzene rings is 1. The first-order valence-corrected chi connectivity index (χ1v) is 12.5. The first-order chi connectivity index (χ1) is 17.3. The molecule has 0 radical (unpaired) electrons. The van der Waals surface area contributed by atoms with E-state index in [2.05, 4.69) is 72.9 Å². The van der Waals surface area contributed by atoms with Gasteiger partial charge in [-0.2, -0.15) is 0 Å². The van der Waals surface area contributed by atoms with Gasteiger partial charge in [-0.05, 0) is 60.9 Å². The fourth-order valence-corrected chi connectivity index (χ4v) is 4.43. The van der Waals surface area contributed by atoms with Crippen molar-refractivity contribution in [2.75, 3.05) is 21.1 Å². The standard InChI is InChI=1S/C32H39N3O/c1-7-25(22-35(5)6)26-12-9-13-27(20-26)31-15-10-14-30(28(21-33-4)17-23(2)3)32(34-31)16-8-11-24-18-29(36)19-24/h7-10,12-14,16-17,20-22,24,29,36H,1-2,11,15,18-19H2,3-6H3/b16-8+,25-22+,28-17+,33-21?. The molecule has 0 bridgehead atoms. The Balaban J connectivity index is 2.07. The van der Waals surface area contributed by atoms with Gasteiger partial charge in [0.15, 0.2) is 0 Å². The molecule has 36 heavy (non-hydrogen) atoms. The lowest BCUT2D eigenvalue weighted by Crippen LogP contribution is -2.27. The van der Waals surface area contributed by atoms with E-state index in [0.717, 1.165) is 70.5 Å². The summed E-state index contributed by atoms with van der Waals surface area (Å²) in [5, 5.41) is 9.64. The first kappa shape index (κ1) is 27.1. The molecule has 188 valence electrons. The second kappa shape index (κ2) is 13.0. The monoisotopic (exact) mass is 481 g/mol. The molecule has 4 nitrogen and oxygen atoms in total. The summed E-state index contributed by atoms with van der Waals surface area (Å²) in [4.78, 5) is 11.5.